The molecule has 0 amide bonds. The Kier molecular flexibility index (Phi) is 7.52. The standard InChI is InChI=1S/C14H15ClN2O7S/c1-6-8(12(19)22-2)11(25-10(6)14(21)24-4)17-16-9(7(18)5-15)13(20)23-3/h18H,5H2,1-4H3/b9-7+,17-16?. The number of rotatable bonds is 6. The van der Waals surface area contributed by atoms with Crippen LogP contribution in [0.4, 0.5) is 5.00 Å². The van der Waals surface area contributed by atoms with Gasteiger partial charge in [-0.2, -0.15) is 0 Å². The summed E-state index contributed by atoms with van der Waals surface area (Å²) in [6.45, 7) is 1.52. The highest BCUT2D eigenvalue weighted by atomic mass is 35.5. The number of ether oxygens (including phenoxy) is 3. The first-order valence-corrected chi connectivity index (χ1v) is 7.95. The number of thiophene rings is 1. The largest absolute Gasteiger partial charge is 0.508 e. The molecule has 0 aliphatic carbocycles. The van der Waals surface area contributed by atoms with Gasteiger partial charge in [0, 0.05) is 0 Å². The highest BCUT2D eigenvalue weighted by Gasteiger charge is 2.26. The number of nitrogens with zero attached hydrogens (tertiary/aromatic N) is 2. The van der Waals surface area contributed by atoms with Crippen molar-refractivity contribution in [2.75, 3.05) is 27.2 Å². The molecule has 0 saturated heterocycles. The topological polar surface area (TPSA) is 124 Å². The molecular formula is C14H15ClN2O7S. The van der Waals surface area contributed by atoms with Gasteiger partial charge in [-0.05, 0) is 12.5 Å². The van der Waals surface area contributed by atoms with Gasteiger partial charge in [-0.1, -0.05) is 0 Å². The average molecular weight is 391 g/mol. The molecule has 25 heavy (non-hydrogen) atoms. The van der Waals surface area contributed by atoms with Crippen molar-refractivity contribution in [1.82, 2.24) is 0 Å². The lowest BCUT2D eigenvalue weighted by atomic mass is 10.1. The molecule has 0 atom stereocenters. The van der Waals surface area contributed by atoms with Gasteiger partial charge in [-0.15, -0.1) is 33.2 Å². The Morgan fingerprint density at radius 3 is 2.20 bits per heavy atom. The van der Waals surface area contributed by atoms with Crippen LogP contribution in [0, 0.1) is 6.92 Å². The second-order valence-electron chi connectivity index (χ2n) is 4.34. The van der Waals surface area contributed by atoms with Gasteiger partial charge in [0.05, 0.1) is 27.2 Å². The minimum Gasteiger partial charge on any atom is -0.508 e. The summed E-state index contributed by atoms with van der Waals surface area (Å²) < 4.78 is 13.8. The fourth-order valence-corrected chi connectivity index (χ4v) is 2.83. The van der Waals surface area contributed by atoms with E-state index in [1.807, 2.05) is 0 Å². The van der Waals surface area contributed by atoms with E-state index in [1.165, 1.54) is 14.0 Å². The highest BCUT2D eigenvalue weighted by Crippen LogP contribution is 2.37. The second kappa shape index (κ2) is 9.14. The molecular weight excluding hydrogens is 376 g/mol. The summed E-state index contributed by atoms with van der Waals surface area (Å²) in [6, 6.07) is 0. The molecule has 0 aliphatic rings. The first kappa shape index (κ1) is 20.6. The zero-order valence-electron chi connectivity index (χ0n) is 13.8. The van der Waals surface area contributed by atoms with Gasteiger partial charge >= 0.3 is 17.9 Å². The number of hydrogen-bond acceptors (Lipinski definition) is 10. The SMILES string of the molecule is COC(=O)/C(N=Nc1sc(C(=O)OC)c(C)c1C(=O)OC)=C(\O)CCl. The summed E-state index contributed by atoms with van der Waals surface area (Å²) in [5, 5.41) is 17.0. The molecule has 0 saturated carbocycles. The smallest absolute Gasteiger partial charge is 0.362 e. The van der Waals surface area contributed by atoms with Gasteiger partial charge in [-0.25, -0.2) is 14.4 Å². The van der Waals surface area contributed by atoms with E-state index in [-0.39, 0.29) is 15.4 Å². The van der Waals surface area contributed by atoms with Crippen molar-refractivity contribution in [3.8, 4) is 0 Å². The molecule has 1 aromatic heterocycles. The van der Waals surface area contributed by atoms with Gasteiger partial charge in [0.2, 0.25) is 5.70 Å². The number of methoxy groups -OCH3 is 3. The van der Waals surface area contributed by atoms with Gasteiger partial charge in [-0.3, -0.25) is 0 Å². The van der Waals surface area contributed by atoms with Crippen LogP contribution in [0.2, 0.25) is 0 Å². The van der Waals surface area contributed by atoms with Crippen molar-refractivity contribution in [1.29, 1.82) is 0 Å². The van der Waals surface area contributed by atoms with Crippen LogP contribution < -0.4 is 0 Å². The van der Waals surface area contributed by atoms with Crippen molar-refractivity contribution in [3.05, 3.63) is 27.5 Å². The van der Waals surface area contributed by atoms with Crippen molar-refractivity contribution >= 4 is 45.8 Å². The summed E-state index contributed by atoms with van der Waals surface area (Å²) in [5.74, 6) is -3.34. The number of alkyl halides is 1. The summed E-state index contributed by atoms with van der Waals surface area (Å²) in [4.78, 5) is 35.5. The van der Waals surface area contributed by atoms with Crippen molar-refractivity contribution in [2.45, 2.75) is 6.92 Å². The third-order valence-corrected chi connectivity index (χ3v) is 4.32. The van der Waals surface area contributed by atoms with Crippen LogP contribution in [-0.2, 0) is 19.0 Å². The van der Waals surface area contributed by atoms with Crippen LogP contribution >= 0.6 is 22.9 Å². The Hall–Kier alpha value is -2.46. The molecule has 9 nitrogen and oxygen atoms in total. The summed E-state index contributed by atoms with van der Waals surface area (Å²) >= 11 is 6.29. The lowest BCUT2D eigenvalue weighted by Gasteiger charge is -2.02. The predicted octanol–water partition coefficient (Wildman–Crippen LogP) is 2.89. The molecule has 0 fully saturated rings. The zero-order chi connectivity index (χ0) is 19.1. The molecule has 0 bridgehead atoms. The maximum absolute atomic E-state index is 12.0. The highest BCUT2D eigenvalue weighted by molar-refractivity contribution is 7.18. The Bertz CT molecular complexity index is 755. The average Bonchev–Trinajstić information content (AvgIpc) is 2.96. The van der Waals surface area contributed by atoms with Crippen molar-refractivity contribution < 1.29 is 33.7 Å². The molecule has 0 radical (unpaired) electrons. The third kappa shape index (κ3) is 4.54. The maximum atomic E-state index is 12.0. The maximum Gasteiger partial charge on any atom is 0.362 e. The van der Waals surface area contributed by atoms with Gasteiger partial charge in [0.15, 0.2) is 5.00 Å². The number of aliphatic hydroxyl groups is 1. The van der Waals surface area contributed by atoms with E-state index in [2.05, 4.69) is 24.4 Å². The third-order valence-electron chi connectivity index (χ3n) is 2.91. The summed E-state index contributed by atoms with van der Waals surface area (Å²) in [6.07, 6.45) is 0. The van der Waals surface area contributed by atoms with Crippen LogP contribution in [0.25, 0.3) is 0 Å². The van der Waals surface area contributed by atoms with E-state index in [0.29, 0.717) is 5.56 Å². The number of hydrogen-bond donors (Lipinski definition) is 1. The number of halogens is 1. The molecule has 0 unspecified atom stereocenters. The molecule has 1 aromatic rings. The van der Waals surface area contributed by atoms with Crippen LogP contribution in [0.15, 0.2) is 21.7 Å². The quantitative estimate of drug-likeness (QED) is 0.198. The molecule has 11 heteroatoms. The fraction of sp³-hybridized carbons (Fsp3) is 0.357. The fourth-order valence-electron chi connectivity index (χ4n) is 1.67. The summed E-state index contributed by atoms with van der Waals surface area (Å²) in [5.41, 5.74) is -0.243. The first-order chi connectivity index (χ1) is 11.8. The Labute approximate surface area is 151 Å². The minimum atomic E-state index is -0.969. The molecule has 136 valence electrons. The van der Waals surface area contributed by atoms with E-state index in [0.717, 1.165) is 25.6 Å². The number of aliphatic hydroxyl groups excluding tert-OH is 1. The van der Waals surface area contributed by atoms with E-state index < -0.39 is 35.2 Å². The molecule has 0 aromatic carbocycles. The number of carbonyl (C=O) groups is 3. The number of allylic oxidation sites excluding steroid dienone is 1. The number of azo groups is 1. The lowest BCUT2D eigenvalue weighted by Crippen LogP contribution is -2.07. The van der Waals surface area contributed by atoms with Gasteiger partial charge in [0.25, 0.3) is 0 Å². The van der Waals surface area contributed by atoms with Crippen molar-refractivity contribution in [3.63, 3.8) is 0 Å². The first-order valence-electron chi connectivity index (χ1n) is 6.60. The normalized spacial score (nSPS) is 11.9. The van der Waals surface area contributed by atoms with Crippen LogP contribution in [0.1, 0.15) is 25.6 Å². The van der Waals surface area contributed by atoms with Crippen LogP contribution in [-0.4, -0.2) is 50.2 Å². The van der Waals surface area contributed by atoms with E-state index in [4.69, 9.17) is 11.6 Å². The summed E-state index contributed by atoms with van der Waals surface area (Å²) in [7, 11) is 3.44. The van der Waals surface area contributed by atoms with Crippen LogP contribution in [0.3, 0.4) is 0 Å². The second-order valence-corrected chi connectivity index (χ2v) is 5.61. The van der Waals surface area contributed by atoms with E-state index >= 15 is 0 Å². The van der Waals surface area contributed by atoms with Gasteiger partial charge in [0.1, 0.15) is 16.2 Å². The zero-order valence-corrected chi connectivity index (χ0v) is 15.4. The molecule has 1 N–H and O–H groups in total. The molecule has 1 rings (SSSR count). The van der Waals surface area contributed by atoms with Crippen molar-refractivity contribution in [2.24, 2.45) is 10.2 Å². The minimum absolute atomic E-state index is 0.00599. The lowest BCUT2D eigenvalue weighted by molar-refractivity contribution is -0.136. The number of esters is 3. The van der Waals surface area contributed by atoms with Crippen LogP contribution in [0.5, 0.6) is 0 Å². The molecule has 0 spiro atoms. The Balaban J connectivity index is 3.48. The van der Waals surface area contributed by atoms with E-state index in [1.54, 1.807) is 0 Å². The molecule has 1 heterocycles. The Morgan fingerprint density at radius 1 is 1.12 bits per heavy atom. The van der Waals surface area contributed by atoms with Gasteiger partial charge < -0.3 is 19.3 Å². The molecule has 0 aliphatic heterocycles. The Morgan fingerprint density at radius 2 is 1.72 bits per heavy atom. The number of carbonyl (C=O) groups excluding carboxylic acids is 3. The monoisotopic (exact) mass is 390 g/mol. The van der Waals surface area contributed by atoms with E-state index in [9.17, 15) is 19.5 Å². The predicted molar refractivity (Wildman–Crippen MR) is 88.6 cm³/mol.